The van der Waals surface area contributed by atoms with E-state index in [1.807, 2.05) is 25.1 Å². The molecule has 2 nitrogen and oxygen atoms in total. The fraction of sp³-hybridized carbons (Fsp3) is 0.333. The van der Waals surface area contributed by atoms with Gasteiger partial charge in [-0.1, -0.05) is 22.0 Å². The third-order valence-corrected chi connectivity index (χ3v) is 2.32. The van der Waals surface area contributed by atoms with Crippen molar-refractivity contribution in [2.75, 3.05) is 6.61 Å². The zero-order valence-electron chi connectivity index (χ0n) is 7.01. The summed E-state index contributed by atoms with van der Waals surface area (Å²) in [5.41, 5.74) is 6.60. The first-order valence-corrected chi connectivity index (χ1v) is 4.69. The molecule has 0 radical (unpaired) electrons. The molecule has 0 fully saturated rings. The van der Waals surface area contributed by atoms with Crippen LogP contribution in [-0.4, -0.2) is 6.61 Å². The van der Waals surface area contributed by atoms with Gasteiger partial charge in [0.15, 0.2) is 0 Å². The zero-order valence-corrected chi connectivity index (χ0v) is 8.60. The van der Waals surface area contributed by atoms with Gasteiger partial charge < -0.3 is 10.5 Å². The van der Waals surface area contributed by atoms with Gasteiger partial charge in [-0.3, -0.25) is 0 Å². The smallest absolute Gasteiger partial charge is 0.124 e. The maximum absolute atomic E-state index is 5.57. The fourth-order valence-electron chi connectivity index (χ4n) is 1.03. The summed E-state index contributed by atoms with van der Waals surface area (Å²) in [6, 6.07) is 5.83. The van der Waals surface area contributed by atoms with Crippen LogP contribution in [0, 0.1) is 0 Å². The van der Waals surface area contributed by atoms with Crippen LogP contribution in [0.2, 0.25) is 0 Å². The largest absolute Gasteiger partial charge is 0.494 e. The van der Waals surface area contributed by atoms with E-state index in [1.54, 1.807) is 0 Å². The van der Waals surface area contributed by atoms with Crippen molar-refractivity contribution in [2.45, 2.75) is 13.5 Å². The minimum atomic E-state index is 0.497. The van der Waals surface area contributed by atoms with Crippen LogP contribution in [-0.2, 0) is 6.54 Å². The summed E-state index contributed by atoms with van der Waals surface area (Å²) in [4.78, 5) is 0. The molecule has 0 saturated heterocycles. The van der Waals surface area contributed by atoms with Gasteiger partial charge >= 0.3 is 0 Å². The van der Waals surface area contributed by atoms with Crippen molar-refractivity contribution in [1.82, 2.24) is 0 Å². The molecule has 0 heterocycles. The second kappa shape index (κ2) is 4.48. The van der Waals surface area contributed by atoms with Crippen LogP contribution in [0.4, 0.5) is 0 Å². The molecule has 0 aliphatic rings. The van der Waals surface area contributed by atoms with E-state index >= 15 is 0 Å². The van der Waals surface area contributed by atoms with Crippen LogP contribution in [0.25, 0.3) is 0 Å². The first kappa shape index (κ1) is 9.55. The molecule has 0 spiro atoms. The van der Waals surface area contributed by atoms with Crippen LogP contribution < -0.4 is 10.5 Å². The minimum Gasteiger partial charge on any atom is -0.494 e. The molecule has 0 aliphatic heterocycles. The monoisotopic (exact) mass is 229 g/mol. The van der Waals surface area contributed by atoms with Crippen LogP contribution in [0.15, 0.2) is 22.7 Å². The molecule has 0 amide bonds. The van der Waals surface area contributed by atoms with E-state index in [1.165, 1.54) is 0 Å². The lowest BCUT2D eigenvalue weighted by atomic mass is 10.2. The van der Waals surface area contributed by atoms with Gasteiger partial charge in [-0.05, 0) is 19.1 Å². The van der Waals surface area contributed by atoms with E-state index in [0.29, 0.717) is 13.2 Å². The van der Waals surface area contributed by atoms with Crippen LogP contribution in [0.5, 0.6) is 5.75 Å². The maximum atomic E-state index is 5.57. The molecule has 0 atom stereocenters. The fourth-order valence-corrected chi connectivity index (χ4v) is 1.54. The van der Waals surface area contributed by atoms with E-state index in [-0.39, 0.29) is 0 Å². The molecule has 0 bridgehead atoms. The second-order valence-electron chi connectivity index (χ2n) is 2.35. The summed E-state index contributed by atoms with van der Waals surface area (Å²) in [7, 11) is 0. The predicted molar refractivity (Wildman–Crippen MR) is 53.2 cm³/mol. The van der Waals surface area contributed by atoms with Crippen molar-refractivity contribution in [1.29, 1.82) is 0 Å². The summed E-state index contributed by atoms with van der Waals surface area (Å²) < 4.78 is 6.41. The molecule has 0 aliphatic carbocycles. The average Bonchev–Trinajstić information content (AvgIpc) is 2.05. The number of hydrogen-bond donors (Lipinski definition) is 1. The van der Waals surface area contributed by atoms with Gasteiger partial charge in [-0.15, -0.1) is 0 Å². The third kappa shape index (κ3) is 1.99. The molecule has 0 aromatic heterocycles. The molecule has 0 saturated carbocycles. The molecule has 2 N–H and O–H groups in total. The lowest BCUT2D eigenvalue weighted by Crippen LogP contribution is -2.02. The topological polar surface area (TPSA) is 35.2 Å². The molecule has 0 unspecified atom stereocenters. The Labute approximate surface area is 80.8 Å². The second-order valence-corrected chi connectivity index (χ2v) is 3.21. The molecule has 1 aromatic carbocycles. The first-order chi connectivity index (χ1) is 5.79. The van der Waals surface area contributed by atoms with Gasteiger partial charge in [0.05, 0.1) is 6.61 Å². The van der Waals surface area contributed by atoms with Crippen molar-refractivity contribution in [2.24, 2.45) is 5.73 Å². The normalized spacial score (nSPS) is 9.92. The Bertz CT molecular complexity index is 263. The first-order valence-electron chi connectivity index (χ1n) is 3.89. The molecule has 3 heteroatoms. The lowest BCUT2D eigenvalue weighted by Gasteiger charge is -2.09. The molecule has 1 aromatic rings. The third-order valence-electron chi connectivity index (χ3n) is 1.58. The Morgan fingerprint density at radius 3 is 2.83 bits per heavy atom. The number of benzene rings is 1. The highest BCUT2D eigenvalue weighted by Crippen LogP contribution is 2.25. The molecular weight excluding hydrogens is 218 g/mol. The summed E-state index contributed by atoms with van der Waals surface area (Å²) in [5.74, 6) is 0.870. The van der Waals surface area contributed by atoms with Crippen molar-refractivity contribution < 1.29 is 4.74 Å². The summed E-state index contributed by atoms with van der Waals surface area (Å²) in [6.45, 7) is 3.13. The highest BCUT2D eigenvalue weighted by molar-refractivity contribution is 9.10. The molecule has 12 heavy (non-hydrogen) atoms. The standard InChI is InChI=1S/C9H12BrNO/c1-2-12-9-5-3-4-8(10)7(9)6-11/h3-5H,2,6,11H2,1H3. The van der Waals surface area contributed by atoms with E-state index < -0.39 is 0 Å². The van der Waals surface area contributed by atoms with Gasteiger partial charge in [0.2, 0.25) is 0 Å². The van der Waals surface area contributed by atoms with E-state index in [4.69, 9.17) is 10.5 Å². The minimum absolute atomic E-state index is 0.497. The molecular formula is C9H12BrNO. The summed E-state index contributed by atoms with van der Waals surface area (Å²) in [5, 5.41) is 0. The molecule has 1 rings (SSSR count). The van der Waals surface area contributed by atoms with Crippen LogP contribution >= 0.6 is 15.9 Å². The number of rotatable bonds is 3. The highest BCUT2D eigenvalue weighted by Gasteiger charge is 2.04. The predicted octanol–water partition coefficient (Wildman–Crippen LogP) is 2.31. The summed E-state index contributed by atoms with van der Waals surface area (Å²) in [6.07, 6.45) is 0. The Morgan fingerprint density at radius 2 is 2.25 bits per heavy atom. The van der Waals surface area contributed by atoms with E-state index in [0.717, 1.165) is 15.8 Å². The number of ether oxygens (including phenoxy) is 1. The Hall–Kier alpha value is -0.540. The lowest BCUT2D eigenvalue weighted by molar-refractivity contribution is 0.336. The van der Waals surface area contributed by atoms with Crippen LogP contribution in [0.3, 0.4) is 0 Å². The number of nitrogens with two attached hydrogens (primary N) is 1. The Kier molecular flexibility index (Phi) is 3.56. The highest BCUT2D eigenvalue weighted by atomic mass is 79.9. The zero-order chi connectivity index (χ0) is 8.97. The average molecular weight is 230 g/mol. The van der Waals surface area contributed by atoms with Crippen molar-refractivity contribution in [3.8, 4) is 5.75 Å². The van der Waals surface area contributed by atoms with E-state index in [9.17, 15) is 0 Å². The Morgan fingerprint density at radius 1 is 1.50 bits per heavy atom. The van der Waals surface area contributed by atoms with Gasteiger partial charge in [0.1, 0.15) is 5.75 Å². The number of hydrogen-bond acceptors (Lipinski definition) is 2. The molecule has 66 valence electrons. The Balaban J connectivity index is 3.00. The van der Waals surface area contributed by atoms with E-state index in [2.05, 4.69) is 15.9 Å². The SMILES string of the molecule is CCOc1cccc(Br)c1CN. The van der Waals surface area contributed by atoms with Crippen molar-refractivity contribution >= 4 is 15.9 Å². The van der Waals surface area contributed by atoms with Crippen molar-refractivity contribution in [3.05, 3.63) is 28.2 Å². The van der Waals surface area contributed by atoms with Gasteiger partial charge in [-0.2, -0.15) is 0 Å². The quantitative estimate of drug-likeness (QED) is 0.864. The maximum Gasteiger partial charge on any atom is 0.124 e. The number of halogens is 1. The van der Waals surface area contributed by atoms with Gasteiger partial charge in [-0.25, -0.2) is 0 Å². The van der Waals surface area contributed by atoms with Crippen molar-refractivity contribution in [3.63, 3.8) is 0 Å². The van der Waals surface area contributed by atoms with Gasteiger partial charge in [0, 0.05) is 16.6 Å². The summed E-state index contributed by atoms with van der Waals surface area (Å²) >= 11 is 3.42. The van der Waals surface area contributed by atoms with Gasteiger partial charge in [0.25, 0.3) is 0 Å². The van der Waals surface area contributed by atoms with Crippen LogP contribution in [0.1, 0.15) is 12.5 Å².